The van der Waals surface area contributed by atoms with Crippen LogP contribution in [0.1, 0.15) is 17.5 Å². The molecule has 1 aromatic rings. The van der Waals surface area contributed by atoms with E-state index >= 15 is 0 Å². The van der Waals surface area contributed by atoms with Gasteiger partial charge in [0.25, 0.3) is 10.1 Å². The summed E-state index contributed by atoms with van der Waals surface area (Å²) in [6.07, 6.45) is 2.37. The van der Waals surface area contributed by atoms with Gasteiger partial charge in [-0.25, -0.2) is 0 Å². The normalized spacial score (nSPS) is 15.5. The molecule has 0 aromatic heterocycles. The van der Waals surface area contributed by atoms with E-state index in [9.17, 15) is 8.42 Å². The van der Waals surface area contributed by atoms with Crippen molar-refractivity contribution < 1.29 is 13.0 Å². The molecule has 76 valence electrons. The Bertz CT molecular complexity index is 479. The molecule has 0 saturated heterocycles. The van der Waals surface area contributed by atoms with Crippen molar-refractivity contribution in [3.8, 4) is 0 Å². The zero-order valence-corrected chi connectivity index (χ0v) is 8.34. The van der Waals surface area contributed by atoms with Crippen molar-refractivity contribution in [1.82, 2.24) is 0 Å². The lowest BCUT2D eigenvalue weighted by atomic mass is 10.1. The van der Waals surface area contributed by atoms with Crippen LogP contribution in [0.15, 0.2) is 17.0 Å². The van der Waals surface area contributed by atoms with Gasteiger partial charge in [-0.05, 0) is 42.5 Å². The average Bonchev–Trinajstić information content (AvgIpc) is 2.50. The zero-order valence-electron chi connectivity index (χ0n) is 7.53. The van der Waals surface area contributed by atoms with E-state index in [1.165, 1.54) is 12.1 Å². The molecule has 0 fully saturated rings. The Kier molecular flexibility index (Phi) is 2.01. The van der Waals surface area contributed by atoms with Crippen LogP contribution in [0.4, 0.5) is 5.69 Å². The molecule has 5 heteroatoms. The summed E-state index contributed by atoms with van der Waals surface area (Å²) in [4.78, 5) is 0.0131. The first-order valence-electron chi connectivity index (χ1n) is 4.38. The third-order valence-electron chi connectivity index (χ3n) is 2.56. The summed E-state index contributed by atoms with van der Waals surface area (Å²) in [5.74, 6) is 0. The lowest BCUT2D eigenvalue weighted by Gasteiger charge is -2.07. The minimum absolute atomic E-state index is 0.0131. The van der Waals surface area contributed by atoms with E-state index in [4.69, 9.17) is 10.3 Å². The lowest BCUT2D eigenvalue weighted by Crippen LogP contribution is -2.04. The highest BCUT2D eigenvalue weighted by molar-refractivity contribution is 7.85. The number of nitrogen functional groups attached to an aromatic ring is 1. The molecule has 0 bridgehead atoms. The SMILES string of the molecule is Nc1ccc(S(=O)(=O)O)c2c1CCC2. The van der Waals surface area contributed by atoms with Crippen molar-refractivity contribution in [2.75, 3.05) is 5.73 Å². The second-order valence-electron chi connectivity index (χ2n) is 3.44. The van der Waals surface area contributed by atoms with Gasteiger partial charge in [-0.2, -0.15) is 8.42 Å². The summed E-state index contributed by atoms with van der Waals surface area (Å²) in [6, 6.07) is 2.90. The summed E-state index contributed by atoms with van der Waals surface area (Å²) >= 11 is 0. The third-order valence-corrected chi connectivity index (χ3v) is 3.49. The Hall–Kier alpha value is -1.07. The van der Waals surface area contributed by atoms with E-state index in [-0.39, 0.29) is 4.90 Å². The van der Waals surface area contributed by atoms with Gasteiger partial charge in [-0.15, -0.1) is 0 Å². The fourth-order valence-corrected chi connectivity index (χ4v) is 2.72. The molecule has 4 nitrogen and oxygen atoms in total. The second-order valence-corrected chi connectivity index (χ2v) is 4.83. The van der Waals surface area contributed by atoms with E-state index in [0.717, 1.165) is 18.4 Å². The fraction of sp³-hybridized carbons (Fsp3) is 0.333. The summed E-state index contributed by atoms with van der Waals surface area (Å²) in [6.45, 7) is 0. The topological polar surface area (TPSA) is 80.4 Å². The van der Waals surface area contributed by atoms with E-state index in [1.807, 2.05) is 0 Å². The molecule has 2 rings (SSSR count). The third kappa shape index (κ3) is 1.38. The smallest absolute Gasteiger partial charge is 0.294 e. The standard InChI is InChI=1S/C9H11NO3S/c10-8-4-5-9(14(11,12)13)7-3-1-2-6(7)8/h4-5H,1-3,10H2,(H,11,12,13). The Morgan fingerprint density at radius 2 is 1.86 bits per heavy atom. The van der Waals surface area contributed by atoms with Gasteiger partial charge < -0.3 is 5.73 Å². The first-order chi connectivity index (χ1) is 6.50. The van der Waals surface area contributed by atoms with Gasteiger partial charge in [0.15, 0.2) is 0 Å². The number of fused-ring (bicyclic) bond motifs is 1. The molecular formula is C9H11NO3S. The molecule has 0 spiro atoms. The quantitative estimate of drug-likeness (QED) is 0.538. The second kappa shape index (κ2) is 2.96. The van der Waals surface area contributed by atoms with E-state index in [0.29, 0.717) is 17.7 Å². The fourth-order valence-electron chi connectivity index (χ4n) is 1.94. The highest BCUT2D eigenvalue weighted by atomic mass is 32.2. The van der Waals surface area contributed by atoms with Crippen LogP contribution in [0.3, 0.4) is 0 Å². The summed E-state index contributed by atoms with van der Waals surface area (Å²) in [5.41, 5.74) is 7.89. The molecule has 0 saturated carbocycles. The molecule has 0 amide bonds. The van der Waals surface area contributed by atoms with Crippen molar-refractivity contribution in [2.24, 2.45) is 0 Å². The van der Waals surface area contributed by atoms with Crippen LogP contribution in [0, 0.1) is 0 Å². The molecule has 0 aliphatic heterocycles. The number of hydrogen-bond donors (Lipinski definition) is 2. The monoisotopic (exact) mass is 213 g/mol. The minimum atomic E-state index is -4.10. The van der Waals surface area contributed by atoms with Gasteiger partial charge in [0.1, 0.15) is 0 Å². The molecule has 0 unspecified atom stereocenters. The predicted octanol–water partition coefficient (Wildman–Crippen LogP) is 1.00. The van der Waals surface area contributed by atoms with Crippen LogP contribution < -0.4 is 5.73 Å². The maximum absolute atomic E-state index is 11.0. The Labute approximate surface area is 82.5 Å². The zero-order chi connectivity index (χ0) is 10.3. The summed E-state index contributed by atoms with van der Waals surface area (Å²) in [5, 5.41) is 0. The van der Waals surface area contributed by atoms with E-state index < -0.39 is 10.1 Å². The van der Waals surface area contributed by atoms with Gasteiger partial charge in [-0.1, -0.05) is 0 Å². The molecule has 1 aliphatic rings. The summed E-state index contributed by atoms with van der Waals surface area (Å²) < 4.78 is 31.0. The van der Waals surface area contributed by atoms with E-state index in [2.05, 4.69) is 0 Å². The predicted molar refractivity (Wildman–Crippen MR) is 52.7 cm³/mol. The number of nitrogens with two attached hydrogens (primary N) is 1. The largest absolute Gasteiger partial charge is 0.398 e. The van der Waals surface area contributed by atoms with Crippen molar-refractivity contribution in [1.29, 1.82) is 0 Å². The number of anilines is 1. The Morgan fingerprint density at radius 3 is 2.50 bits per heavy atom. The maximum atomic E-state index is 11.0. The van der Waals surface area contributed by atoms with Crippen molar-refractivity contribution in [2.45, 2.75) is 24.2 Å². The Morgan fingerprint density at radius 1 is 1.21 bits per heavy atom. The van der Waals surface area contributed by atoms with Gasteiger partial charge in [-0.3, -0.25) is 4.55 Å². The molecule has 3 N–H and O–H groups in total. The van der Waals surface area contributed by atoms with Crippen LogP contribution in [0.25, 0.3) is 0 Å². The van der Waals surface area contributed by atoms with Gasteiger partial charge >= 0.3 is 0 Å². The van der Waals surface area contributed by atoms with Crippen LogP contribution in [-0.2, 0) is 23.0 Å². The van der Waals surface area contributed by atoms with Gasteiger partial charge in [0.05, 0.1) is 4.90 Å². The molecule has 0 heterocycles. The molecule has 1 aromatic carbocycles. The number of rotatable bonds is 1. The highest BCUT2D eigenvalue weighted by Crippen LogP contribution is 2.32. The minimum Gasteiger partial charge on any atom is -0.398 e. The van der Waals surface area contributed by atoms with Crippen molar-refractivity contribution in [3.63, 3.8) is 0 Å². The van der Waals surface area contributed by atoms with Crippen LogP contribution in [0.2, 0.25) is 0 Å². The molecular weight excluding hydrogens is 202 g/mol. The number of benzene rings is 1. The number of hydrogen-bond acceptors (Lipinski definition) is 3. The van der Waals surface area contributed by atoms with Crippen molar-refractivity contribution in [3.05, 3.63) is 23.3 Å². The van der Waals surface area contributed by atoms with E-state index in [1.54, 1.807) is 0 Å². The highest BCUT2D eigenvalue weighted by Gasteiger charge is 2.23. The van der Waals surface area contributed by atoms with Gasteiger partial charge in [0.2, 0.25) is 0 Å². The molecule has 0 radical (unpaired) electrons. The van der Waals surface area contributed by atoms with Crippen LogP contribution >= 0.6 is 0 Å². The maximum Gasteiger partial charge on any atom is 0.294 e. The van der Waals surface area contributed by atoms with Crippen LogP contribution in [0.5, 0.6) is 0 Å². The molecule has 0 atom stereocenters. The first kappa shape index (κ1) is 9.48. The van der Waals surface area contributed by atoms with Crippen LogP contribution in [-0.4, -0.2) is 13.0 Å². The molecule has 14 heavy (non-hydrogen) atoms. The first-order valence-corrected chi connectivity index (χ1v) is 5.82. The lowest BCUT2D eigenvalue weighted by molar-refractivity contribution is 0.482. The Balaban J connectivity index is 2.72. The van der Waals surface area contributed by atoms with Gasteiger partial charge in [0, 0.05) is 5.69 Å². The molecule has 1 aliphatic carbocycles. The van der Waals surface area contributed by atoms with Crippen molar-refractivity contribution >= 4 is 15.8 Å². The average molecular weight is 213 g/mol. The summed E-state index contributed by atoms with van der Waals surface area (Å²) in [7, 11) is -4.10.